The Morgan fingerprint density at radius 1 is 0.750 bits per heavy atom. The second kappa shape index (κ2) is 10.6. The highest BCUT2D eigenvalue weighted by Gasteiger charge is 2.34. The largest absolute Gasteiger partial charge is 0.573 e. The van der Waals surface area contributed by atoms with Gasteiger partial charge in [-0.25, -0.2) is 28.1 Å². The molecule has 0 aliphatic heterocycles. The van der Waals surface area contributed by atoms with Crippen molar-refractivity contribution in [2.24, 2.45) is 0 Å². The maximum absolute atomic E-state index is 14.4. The van der Waals surface area contributed by atoms with Crippen LogP contribution < -0.4 is 4.74 Å². The summed E-state index contributed by atoms with van der Waals surface area (Å²) in [4.78, 5) is 6.77. The second-order valence-electron chi connectivity index (χ2n) is 9.44. The van der Waals surface area contributed by atoms with E-state index in [-0.39, 0.29) is 66.9 Å². The van der Waals surface area contributed by atoms with E-state index in [2.05, 4.69) is 14.4 Å². The third-order valence-corrected chi connectivity index (χ3v) is 6.87. The highest BCUT2D eigenvalue weighted by atomic mass is 19.4. The van der Waals surface area contributed by atoms with Crippen LogP contribution in [-0.2, 0) is 0 Å². The fraction of sp³-hybridized carbons (Fsp3) is 0.0625. The summed E-state index contributed by atoms with van der Waals surface area (Å²) < 4.78 is 99.2. The molecule has 44 heavy (non-hydrogen) atoms. The number of alkyl halides is 3. The molecule has 0 aromatic heterocycles. The summed E-state index contributed by atoms with van der Waals surface area (Å²) in [5.74, 6) is -7.34. The van der Waals surface area contributed by atoms with Crippen molar-refractivity contribution in [3.8, 4) is 51.3 Å². The van der Waals surface area contributed by atoms with E-state index in [0.717, 1.165) is 6.07 Å². The first-order chi connectivity index (χ1) is 20.8. The molecule has 4 aromatic rings. The highest BCUT2D eigenvalue weighted by molar-refractivity contribution is 6.07. The lowest BCUT2D eigenvalue weighted by Crippen LogP contribution is -2.18. The number of nitriles is 2. The number of hydrogen-bond acceptors (Lipinski definition) is 3. The van der Waals surface area contributed by atoms with E-state index in [1.807, 2.05) is 6.07 Å². The quantitative estimate of drug-likeness (QED) is 0.118. The van der Waals surface area contributed by atoms with Crippen LogP contribution in [0.25, 0.3) is 48.6 Å². The summed E-state index contributed by atoms with van der Waals surface area (Å²) in [5, 5.41) is 19.7. The lowest BCUT2D eigenvalue weighted by molar-refractivity contribution is -0.275. The van der Waals surface area contributed by atoms with Gasteiger partial charge in [-0.3, -0.25) is 0 Å². The predicted octanol–water partition coefficient (Wildman–Crippen LogP) is 9.39. The Bertz CT molecular complexity index is 2100. The zero-order chi connectivity index (χ0) is 32.1. The first-order valence-electron chi connectivity index (χ1n) is 12.2. The van der Waals surface area contributed by atoms with Crippen molar-refractivity contribution >= 4 is 11.3 Å². The predicted molar refractivity (Wildman–Crippen MR) is 143 cm³/mol. The Morgan fingerprint density at radius 3 is 1.89 bits per heavy atom. The SMILES string of the molecule is [C-]#[N+]/C(C#N)=C1/c2cc(-c3cc(F)c(F)c(OC(F)(F)F)c3)c(C#N)cc2-c2cc([N+]#[C-])c(-c3cc(C)c(F)c(F)c3)cc21. The minimum absolute atomic E-state index is 0.00433. The molecule has 0 saturated heterocycles. The van der Waals surface area contributed by atoms with Crippen molar-refractivity contribution in [1.29, 1.82) is 10.5 Å². The van der Waals surface area contributed by atoms with Crippen LogP contribution in [0.3, 0.4) is 0 Å². The molecule has 5 nitrogen and oxygen atoms in total. The van der Waals surface area contributed by atoms with Crippen LogP contribution in [0.4, 0.5) is 36.4 Å². The van der Waals surface area contributed by atoms with Crippen LogP contribution in [0.1, 0.15) is 22.3 Å². The molecule has 1 aliphatic carbocycles. The van der Waals surface area contributed by atoms with Crippen molar-refractivity contribution in [1.82, 2.24) is 0 Å². The first-order valence-corrected chi connectivity index (χ1v) is 12.2. The van der Waals surface area contributed by atoms with Gasteiger partial charge in [-0.2, -0.15) is 9.65 Å². The Hall–Kier alpha value is -6.11. The number of halogens is 7. The summed E-state index contributed by atoms with van der Waals surface area (Å²) in [7, 11) is 0. The molecule has 0 amide bonds. The molecule has 0 bridgehead atoms. The fourth-order valence-corrected chi connectivity index (χ4v) is 5.04. The van der Waals surface area contributed by atoms with Gasteiger partial charge in [0.05, 0.1) is 30.8 Å². The third kappa shape index (κ3) is 4.85. The van der Waals surface area contributed by atoms with Gasteiger partial charge < -0.3 is 4.74 Å². The van der Waals surface area contributed by atoms with Gasteiger partial charge in [0.15, 0.2) is 28.9 Å². The monoisotopic (exact) mass is 600 g/mol. The van der Waals surface area contributed by atoms with Gasteiger partial charge >= 0.3 is 6.36 Å². The standard InChI is InChI=1S/C32H11F7N4O/c1-14-4-15(6-24(33)30(14)35)19-10-23-21(11-26(19)42-2)20-5-17(12-40)18(9-22(20)29(23)27(13-41)43-3)16-7-25(34)31(36)28(8-16)44-32(37,38)39/h4-11H,1H3/b29-27-. The zero-order valence-corrected chi connectivity index (χ0v) is 22.0. The van der Waals surface area contributed by atoms with E-state index in [4.69, 9.17) is 13.1 Å². The minimum Gasteiger partial charge on any atom is -0.403 e. The maximum Gasteiger partial charge on any atom is 0.573 e. The fourth-order valence-electron chi connectivity index (χ4n) is 5.04. The van der Waals surface area contributed by atoms with Gasteiger partial charge in [-0.15, -0.1) is 13.2 Å². The Balaban J connectivity index is 1.82. The number of benzene rings is 4. The van der Waals surface area contributed by atoms with Crippen molar-refractivity contribution < 1.29 is 35.5 Å². The minimum atomic E-state index is -5.36. The number of rotatable bonds is 3. The van der Waals surface area contributed by atoms with E-state index in [1.54, 1.807) is 6.07 Å². The van der Waals surface area contributed by atoms with E-state index < -0.39 is 41.1 Å². The van der Waals surface area contributed by atoms with Crippen molar-refractivity contribution in [2.75, 3.05) is 0 Å². The second-order valence-corrected chi connectivity index (χ2v) is 9.44. The lowest BCUT2D eigenvalue weighted by atomic mass is 9.92. The zero-order valence-electron chi connectivity index (χ0n) is 22.0. The maximum atomic E-state index is 14.4. The van der Waals surface area contributed by atoms with Gasteiger partial charge in [0.2, 0.25) is 5.82 Å². The number of aryl methyl sites for hydroxylation is 1. The van der Waals surface area contributed by atoms with E-state index >= 15 is 0 Å². The van der Waals surface area contributed by atoms with Crippen LogP contribution in [0, 0.1) is 66.0 Å². The summed E-state index contributed by atoms with van der Waals surface area (Å²) in [6.45, 7) is 16.6. The molecule has 12 heteroatoms. The van der Waals surface area contributed by atoms with Crippen molar-refractivity contribution in [3.63, 3.8) is 0 Å². The molecule has 0 fully saturated rings. The molecule has 0 N–H and O–H groups in total. The highest BCUT2D eigenvalue weighted by Crippen LogP contribution is 2.51. The van der Waals surface area contributed by atoms with Crippen LogP contribution in [0.15, 0.2) is 54.2 Å². The first kappa shape index (κ1) is 29.4. The third-order valence-electron chi connectivity index (χ3n) is 6.87. The number of nitrogens with zero attached hydrogens (tertiary/aromatic N) is 4. The van der Waals surface area contributed by atoms with Gasteiger partial charge in [-0.05, 0) is 93.9 Å². The number of allylic oxidation sites excluding steroid dienone is 1. The Labute approximate surface area is 244 Å². The molecule has 0 radical (unpaired) electrons. The molecule has 1 aliphatic rings. The number of ether oxygens (including phenoxy) is 1. The topological polar surface area (TPSA) is 65.5 Å². The summed E-state index contributed by atoms with van der Waals surface area (Å²) in [6.07, 6.45) is -5.36. The van der Waals surface area contributed by atoms with Crippen LogP contribution in [0.2, 0.25) is 0 Å². The summed E-state index contributed by atoms with van der Waals surface area (Å²) >= 11 is 0. The molecule has 5 rings (SSSR count). The number of hydrogen-bond donors (Lipinski definition) is 0. The molecule has 0 unspecified atom stereocenters. The van der Waals surface area contributed by atoms with Crippen LogP contribution >= 0.6 is 0 Å². The van der Waals surface area contributed by atoms with Gasteiger partial charge in [-0.1, -0.05) is 6.07 Å². The van der Waals surface area contributed by atoms with Crippen molar-refractivity contribution in [2.45, 2.75) is 13.3 Å². The smallest absolute Gasteiger partial charge is 0.403 e. The van der Waals surface area contributed by atoms with Gasteiger partial charge in [0.1, 0.15) is 0 Å². The summed E-state index contributed by atoms with van der Waals surface area (Å²) in [6, 6.07) is 12.2. The van der Waals surface area contributed by atoms with Crippen molar-refractivity contribution in [3.05, 3.63) is 123 Å². The normalized spacial score (nSPS) is 12.7. The summed E-state index contributed by atoms with van der Waals surface area (Å²) in [5.41, 5.74) is -0.112. The van der Waals surface area contributed by atoms with Crippen LogP contribution in [0.5, 0.6) is 5.75 Å². The average molecular weight is 600 g/mol. The number of fused-ring (bicyclic) bond motifs is 3. The Morgan fingerprint density at radius 2 is 1.34 bits per heavy atom. The molecule has 214 valence electrons. The van der Waals surface area contributed by atoms with Crippen LogP contribution in [-0.4, -0.2) is 6.36 Å². The van der Waals surface area contributed by atoms with E-state index in [0.29, 0.717) is 12.1 Å². The van der Waals surface area contributed by atoms with E-state index in [9.17, 15) is 41.3 Å². The molecule has 0 spiro atoms. The molecule has 0 atom stereocenters. The Kier molecular flexibility index (Phi) is 7.09. The molecular weight excluding hydrogens is 589 g/mol. The van der Waals surface area contributed by atoms with Gasteiger partial charge in [0.25, 0.3) is 5.70 Å². The average Bonchev–Trinajstić information content (AvgIpc) is 3.28. The molecule has 0 saturated carbocycles. The lowest BCUT2D eigenvalue weighted by Gasteiger charge is -2.14. The van der Waals surface area contributed by atoms with E-state index in [1.165, 1.54) is 37.3 Å². The van der Waals surface area contributed by atoms with Gasteiger partial charge in [0, 0.05) is 11.1 Å². The molecule has 0 heterocycles. The molecular formula is C32H11F7N4O. The molecule has 4 aromatic carbocycles.